The highest BCUT2D eigenvalue weighted by molar-refractivity contribution is 7.89. The van der Waals surface area contributed by atoms with Gasteiger partial charge in [0.15, 0.2) is 0 Å². The first-order valence-electron chi connectivity index (χ1n) is 6.55. The van der Waals surface area contributed by atoms with Gasteiger partial charge in [-0.2, -0.15) is 0 Å². The molecule has 20 heavy (non-hydrogen) atoms. The van der Waals surface area contributed by atoms with Crippen molar-refractivity contribution in [2.75, 3.05) is 0 Å². The highest BCUT2D eigenvalue weighted by Crippen LogP contribution is 2.39. The largest absolute Gasteiger partial charge is 0.481 e. The molecular formula is C14H19NO4S. The minimum atomic E-state index is -3.57. The quantitative estimate of drug-likeness (QED) is 0.838. The Balaban J connectivity index is 2.15. The van der Waals surface area contributed by atoms with Gasteiger partial charge in [0.1, 0.15) is 0 Å². The number of rotatable bonds is 6. The van der Waals surface area contributed by atoms with Crippen LogP contribution in [0.3, 0.4) is 0 Å². The van der Waals surface area contributed by atoms with E-state index >= 15 is 0 Å². The molecule has 1 aromatic rings. The van der Waals surface area contributed by atoms with Crippen LogP contribution in [-0.2, 0) is 21.2 Å². The molecule has 1 fully saturated rings. The molecule has 0 unspecified atom stereocenters. The number of sulfonamides is 1. The Morgan fingerprint density at radius 3 is 2.30 bits per heavy atom. The monoisotopic (exact) mass is 297 g/mol. The molecular weight excluding hydrogens is 278 g/mol. The highest BCUT2D eigenvalue weighted by Gasteiger charge is 2.40. The molecule has 0 bridgehead atoms. The molecule has 0 saturated heterocycles. The Morgan fingerprint density at radius 1 is 1.30 bits per heavy atom. The van der Waals surface area contributed by atoms with Crippen molar-refractivity contribution in [3.05, 3.63) is 29.8 Å². The summed E-state index contributed by atoms with van der Waals surface area (Å²) in [6.07, 6.45) is 1.99. The van der Waals surface area contributed by atoms with Gasteiger partial charge in [-0.3, -0.25) is 4.79 Å². The van der Waals surface area contributed by atoms with E-state index in [2.05, 4.69) is 4.72 Å². The second-order valence-electron chi connectivity index (χ2n) is 5.82. The molecule has 2 rings (SSSR count). The number of benzene rings is 1. The van der Waals surface area contributed by atoms with Gasteiger partial charge in [-0.25, -0.2) is 13.1 Å². The predicted octanol–water partition coefficient (Wildman–Crippen LogP) is 1.78. The summed E-state index contributed by atoms with van der Waals surface area (Å²) >= 11 is 0. The van der Waals surface area contributed by atoms with Crippen LogP contribution in [-0.4, -0.2) is 25.0 Å². The molecule has 2 N–H and O–H groups in total. The third kappa shape index (κ3) is 3.58. The highest BCUT2D eigenvalue weighted by atomic mass is 32.2. The molecule has 110 valence electrons. The van der Waals surface area contributed by atoms with E-state index in [-0.39, 0.29) is 11.3 Å². The molecule has 1 saturated carbocycles. The molecule has 0 aromatic heterocycles. The van der Waals surface area contributed by atoms with Gasteiger partial charge in [-0.05, 0) is 50.3 Å². The summed E-state index contributed by atoms with van der Waals surface area (Å²) in [6.45, 7) is 3.78. The van der Waals surface area contributed by atoms with E-state index in [4.69, 9.17) is 5.11 Å². The molecule has 1 aromatic carbocycles. The van der Waals surface area contributed by atoms with Crippen molar-refractivity contribution in [3.63, 3.8) is 0 Å². The summed E-state index contributed by atoms with van der Waals surface area (Å²) in [4.78, 5) is 10.8. The van der Waals surface area contributed by atoms with E-state index in [1.807, 2.05) is 13.8 Å². The molecule has 0 amide bonds. The standard InChI is InChI=1S/C14H19NO4S/c1-14(2,11-5-6-11)15-20(18,19)12-7-3-10(4-8-12)9-13(16)17/h3-4,7-8,11,15H,5-6,9H2,1-2H3,(H,16,17). The Kier molecular flexibility index (Phi) is 3.88. The zero-order valence-corrected chi connectivity index (χ0v) is 12.4. The Morgan fingerprint density at radius 2 is 1.85 bits per heavy atom. The smallest absolute Gasteiger partial charge is 0.307 e. The van der Waals surface area contributed by atoms with Gasteiger partial charge in [0.2, 0.25) is 10.0 Å². The van der Waals surface area contributed by atoms with E-state index in [0.717, 1.165) is 12.8 Å². The summed E-state index contributed by atoms with van der Waals surface area (Å²) in [5.74, 6) is -0.544. The minimum absolute atomic E-state index is 0.110. The summed E-state index contributed by atoms with van der Waals surface area (Å²) in [5, 5.41) is 8.69. The van der Waals surface area contributed by atoms with Crippen molar-refractivity contribution < 1.29 is 18.3 Å². The van der Waals surface area contributed by atoms with Crippen molar-refractivity contribution in [3.8, 4) is 0 Å². The molecule has 1 aliphatic carbocycles. The van der Waals surface area contributed by atoms with E-state index in [1.54, 1.807) is 0 Å². The number of carbonyl (C=O) groups is 1. The normalized spacial score (nSPS) is 16.1. The van der Waals surface area contributed by atoms with Gasteiger partial charge in [-0.15, -0.1) is 0 Å². The van der Waals surface area contributed by atoms with Crippen LogP contribution < -0.4 is 4.72 Å². The Labute approximate surface area is 119 Å². The fourth-order valence-electron chi connectivity index (χ4n) is 2.25. The molecule has 0 spiro atoms. The maximum absolute atomic E-state index is 12.3. The van der Waals surface area contributed by atoms with Crippen LogP contribution in [0.2, 0.25) is 0 Å². The van der Waals surface area contributed by atoms with Gasteiger partial charge in [0.25, 0.3) is 0 Å². The third-order valence-corrected chi connectivity index (χ3v) is 5.27. The number of carboxylic acids is 1. The van der Waals surface area contributed by atoms with Crippen molar-refractivity contribution in [1.29, 1.82) is 0 Å². The Hall–Kier alpha value is -1.40. The van der Waals surface area contributed by atoms with Crippen LogP contribution in [0.5, 0.6) is 0 Å². The lowest BCUT2D eigenvalue weighted by Gasteiger charge is -2.25. The molecule has 5 nitrogen and oxygen atoms in total. The zero-order chi connectivity index (χ0) is 15.0. The minimum Gasteiger partial charge on any atom is -0.481 e. The Bertz CT molecular complexity index is 601. The van der Waals surface area contributed by atoms with E-state index in [1.165, 1.54) is 24.3 Å². The van der Waals surface area contributed by atoms with Gasteiger partial charge in [0.05, 0.1) is 11.3 Å². The first-order chi connectivity index (χ1) is 9.21. The van der Waals surface area contributed by atoms with Gasteiger partial charge >= 0.3 is 5.97 Å². The average molecular weight is 297 g/mol. The molecule has 1 aliphatic rings. The van der Waals surface area contributed by atoms with Crippen LogP contribution in [0.25, 0.3) is 0 Å². The lowest BCUT2D eigenvalue weighted by Crippen LogP contribution is -2.45. The average Bonchev–Trinajstić information content (AvgIpc) is 3.11. The summed E-state index contributed by atoms with van der Waals surface area (Å²) in [7, 11) is -3.57. The number of carboxylic acid groups (broad SMARTS) is 1. The number of hydrogen-bond donors (Lipinski definition) is 2. The van der Waals surface area contributed by atoms with Gasteiger partial charge in [0, 0.05) is 5.54 Å². The molecule has 0 aliphatic heterocycles. The van der Waals surface area contributed by atoms with Gasteiger partial charge < -0.3 is 5.11 Å². The van der Waals surface area contributed by atoms with Crippen molar-refractivity contribution in [2.24, 2.45) is 5.92 Å². The van der Waals surface area contributed by atoms with E-state index < -0.39 is 21.5 Å². The summed E-state index contributed by atoms with van der Waals surface area (Å²) in [6, 6.07) is 5.97. The lowest BCUT2D eigenvalue weighted by atomic mass is 10.0. The first kappa shape index (κ1) is 15.0. The second kappa shape index (κ2) is 5.18. The maximum atomic E-state index is 12.3. The lowest BCUT2D eigenvalue weighted by molar-refractivity contribution is -0.136. The van der Waals surface area contributed by atoms with E-state index in [9.17, 15) is 13.2 Å². The number of hydrogen-bond acceptors (Lipinski definition) is 3. The molecule has 6 heteroatoms. The van der Waals surface area contributed by atoms with E-state index in [0.29, 0.717) is 11.5 Å². The SMILES string of the molecule is CC(C)(NS(=O)(=O)c1ccc(CC(=O)O)cc1)C1CC1. The zero-order valence-electron chi connectivity index (χ0n) is 11.6. The summed E-state index contributed by atoms with van der Waals surface area (Å²) in [5.41, 5.74) is 0.136. The van der Waals surface area contributed by atoms with Crippen molar-refractivity contribution in [2.45, 2.75) is 43.5 Å². The first-order valence-corrected chi connectivity index (χ1v) is 8.04. The molecule has 0 heterocycles. The molecule has 0 radical (unpaired) electrons. The topological polar surface area (TPSA) is 83.5 Å². The maximum Gasteiger partial charge on any atom is 0.307 e. The second-order valence-corrected chi connectivity index (χ2v) is 7.50. The predicted molar refractivity (Wildman–Crippen MR) is 74.9 cm³/mol. The van der Waals surface area contributed by atoms with Crippen LogP contribution in [0.15, 0.2) is 29.2 Å². The fourth-order valence-corrected chi connectivity index (χ4v) is 3.73. The number of aliphatic carboxylic acids is 1. The van der Waals surface area contributed by atoms with Crippen LogP contribution in [0.1, 0.15) is 32.3 Å². The van der Waals surface area contributed by atoms with Crippen molar-refractivity contribution in [1.82, 2.24) is 4.72 Å². The molecule has 0 atom stereocenters. The van der Waals surface area contributed by atoms with Crippen LogP contribution in [0, 0.1) is 5.92 Å². The van der Waals surface area contributed by atoms with Crippen molar-refractivity contribution >= 4 is 16.0 Å². The summed E-state index contributed by atoms with van der Waals surface area (Å²) < 4.78 is 27.3. The third-order valence-electron chi connectivity index (χ3n) is 3.58. The number of nitrogens with one attached hydrogen (secondary N) is 1. The van der Waals surface area contributed by atoms with Crippen LogP contribution in [0.4, 0.5) is 0 Å². The van der Waals surface area contributed by atoms with Crippen LogP contribution >= 0.6 is 0 Å². The van der Waals surface area contributed by atoms with Gasteiger partial charge in [-0.1, -0.05) is 12.1 Å². The fraction of sp³-hybridized carbons (Fsp3) is 0.500.